The smallest absolute Gasteiger partial charge is 0.346 e. The van der Waals surface area contributed by atoms with Crippen molar-refractivity contribution in [1.82, 2.24) is 0 Å². The third-order valence-corrected chi connectivity index (χ3v) is 2.79. The number of hydrogen-bond acceptors (Lipinski definition) is 5. The SMILES string of the molecule is O=[N+]([O-])c1ccc(Cl)c(Oc2cccc(F)c2[N+](=O)[O-])c1. The van der Waals surface area contributed by atoms with Gasteiger partial charge in [-0.25, -0.2) is 0 Å². The molecular formula is C12H6ClFN2O5. The zero-order valence-corrected chi connectivity index (χ0v) is 10.9. The van der Waals surface area contributed by atoms with Gasteiger partial charge in [0, 0.05) is 6.07 Å². The molecule has 2 aromatic carbocycles. The minimum absolute atomic E-state index is 0.000779. The summed E-state index contributed by atoms with van der Waals surface area (Å²) in [6.07, 6.45) is 0. The number of benzene rings is 2. The molecule has 0 aliphatic carbocycles. The molecule has 0 saturated heterocycles. The van der Waals surface area contributed by atoms with Gasteiger partial charge in [0.1, 0.15) is 0 Å². The van der Waals surface area contributed by atoms with Gasteiger partial charge in [-0.1, -0.05) is 17.7 Å². The minimum Gasteiger partial charge on any atom is -0.448 e. The number of hydrogen-bond donors (Lipinski definition) is 0. The van der Waals surface area contributed by atoms with E-state index in [1.807, 2.05) is 0 Å². The summed E-state index contributed by atoms with van der Waals surface area (Å²) in [7, 11) is 0. The topological polar surface area (TPSA) is 95.5 Å². The molecule has 0 aliphatic rings. The molecule has 21 heavy (non-hydrogen) atoms. The molecule has 2 aromatic rings. The van der Waals surface area contributed by atoms with Crippen molar-refractivity contribution in [2.24, 2.45) is 0 Å². The Balaban J connectivity index is 2.48. The van der Waals surface area contributed by atoms with Crippen LogP contribution in [0, 0.1) is 26.0 Å². The number of nitrogens with zero attached hydrogens (tertiary/aromatic N) is 2. The first kappa shape index (κ1) is 14.7. The summed E-state index contributed by atoms with van der Waals surface area (Å²) >= 11 is 5.81. The van der Waals surface area contributed by atoms with Crippen molar-refractivity contribution in [2.75, 3.05) is 0 Å². The third kappa shape index (κ3) is 3.06. The van der Waals surface area contributed by atoms with E-state index in [0.717, 1.165) is 24.3 Å². The Hall–Kier alpha value is -2.74. The quantitative estimate of drug-likeness (QED) is 0.626. The first-order chi connectivity index (χ1) is 9.90. The molecule has 0 atom stereocenters. The molecule has 7 nitrogen and oxygen atoms in total. The summed E-state index contributed by atoms with van der Waals surface area (Å²) in [5.41, 5.74) is -1.19. The minimum atomic E-state index is -1.08. The monoisotopic (exact) mass is 312 g/mol. The number of para-hydroxylation sites is 1. The number of rotatable bonds is 4. The highest BCUT2D eigenvalue weighted by Gasteiger charge is 2.23. The maximum Gasteiger partial charge on any atom is 0.346 e. The van der Waals surface area contributed by atoms with Gasteiger partial charge in [0.25, 0.3) is 5.69 Å². The Labute approximate surface area is 121 Å². The first-order valence-corrected chi connectivity index (χ1v) is 5.82. The average Bonchev–Trinajstić information content (AvgIpc) is 2.40. The molecule has 0 radical (unpaired) electrons. The summed E-state index contributed by atoms with van der Waals surface area (Å²) in [4.78, 5) is 19.9. The zero-order valence-electron chi connectivity index (χ0n) is 10.2. The van der Waals surface area contributed by atoms with Crippen LogP contribution in [0.5, 0.6) is 11.5 Å². The second kappa shape index (κ2) is 5.71. The van der Waals surface area contributed by atoms with E-state index in [2.05, 4.69) is 0 Å². The van der Waals surface area contributed by atoms with Crippen molar-refractivity contribution in [2.45, 2.75) is 0 Å². The Morgan fingerprint density at radius 2 is 1.76 bits per heavy atom. The second-order valence-corrected chi connectivity index (χ2v) is 4.22. The van der Waals surface area contributed by atoms with E-state index >= 15 is 0 Å². The summed E-state index contributed by atoms with van der Waals surface area (Å²) in [6, 6.07) is 6.63. The number of ether oxygens (including phenoxy) is 1. The zero-order chi connectivity index (χ0) is 15.6. The highest BCUT2D eigenvalue weighted by atomic mass is 35.5. The van der Waals surface area contributed by atoms with Crippen LogP contribution in [0.25, 0.3) is 0 Å². The fourth-order valence-corrected chi connectivity index (χ4v) is 1.71. The van der Waals surface area contributed by atoms with Crippen molar-refractivity contribution in [1.29, 1.82) is 0 Å². The number of halogens is 2. The van der Waals surface area contributed by atoms with Gasteiger partial charge in [0.15, 0.2) is 5.75 Å². The number of nitro groups is 2. The van der Waals surface area contributed by atoms with Crippen LogP contribution in [0.15, 0.2) is 36.4 Å². The lowest BCUT2D eigenvalue weighted by Gasteiger charge is -2.08. The first-order valence-electron chi connectivity index (χ1n) is 5.45. The maximum atomic E-state index is 13.4. The van der Waals surface area contributed by atoms with Crippen molar-refractivity contribution >= 4 is 23.0 Å². The molecule has 0 aliphatic heterocycles. The second-order valence-electron chi connectivity index (χ2n) is 3.82. The van der Waals surface area contributed by atoms with E-state index < -0.39 is 27.1 Å². The average molecular weight is 313 g/mol. The van der Waals surface area contributed by atoms with Crippen molar-refractivity contribution < 1.29 is 19.0 Å². The van der Waals surface area contributed by atoms with Gasteiger partial charge in [-0.05, 0) is 18.2 Å². The van der Waals surface area contributed by atoms with E-state index in [-0.39, 0.29) is 16.5 Å². The molecule has 0 spiro atoms. The Morgan fingerprint density at radius 3 is 2.38 bits per heavy atom. The van der Waals surface area contributed by atoms with Crippen LogP contribution < -0.4 is 4.74 Å². The van der Waals surface area contributed by atoms with E-state index in [9.17, 15) is 24.6 Å². The van der Waals surface area contributed by atoms with Crippen LogP contribution >= 0.6 is 11.6 Å². The van der Waals surface area contributed by atoms with E-state index in [4.69, 9.17) is 16.3 Å². The fourth-order valence-electron chi connectivity index (χ4n) is 1.56. The molecule has 0 saturated carbocycles. The lowest BCUT2D eigenvalue weighted by Crippen LogP contribution is -1.97. The summed E-state index contributed by atoms with van der Waals surface area (Å²) in [6.45, 7) is 0. The van der Waals surface area contributed by atoms with Gasteiger partial charge in [0.05, 0.1) is 20.9 Å². The molecule has 108 valence electrons. The van der Waals surface area contributed by atoms with Gasteiger partial charge in [-0.3, -0.25) is 20.2 Å². The third-order valence-electron chi connectivity index (χ3n) is 2.48. The van der Waals surface area contributed by atoms with Gasteiger partial charge in [-0.15, -0.1) is 0 Å². The largest absolute Gasteiger partial charge is 0.448 e. The molecule has 2 rings (SSSR count). The molecule has 0 aromatic heterocycles. The Bertz CT molecular complexity index is 738. The lowest BCUT2D eigenvalue weighted by atomic mass is 10.2. The standard InChI is InChI=1S/C12H6ClFN2O5/c13-8-5-4-7(15(17)18)6-11(8)21-10-3-1-2-9(14)12(10)16(19)20/h1-6H. The highest BCUT2D eigenvalue weighted by molar-refractivity contribution is 6.32. The highest BCUT2D eigenvalue weighted by Crippen LogP contribution is 2.37. The molecule has 9 heteroatoms. The summed E-state index contributed by atoms with van der Waals surface area (Å²) < 4.78 is 18.6. The van der Waals surface area contributed by atoms with Gasteiger partial charge in [0.2, 0.25) is 11.6 Å². The number of non-ortho nitro benzene ring substituents is 1. The van der Waals surface area contributed by atoms with Crippen LogP contribution in [0.1, 0.15) is 0 Å². The molecule has 0 fully saturated rings. The summed E-state index contributed by atoms with van der Waals surface area (Å²) in [5, 5.41) is 21.5. The van der Waals surface area contributed by atoms with Gasteiger partial charge >= 0.3 is 5.69 Å². The molecule has 0 unspecified atom stereocenters. The van der Waals surface area contributed by atoms with Gasteiger partial charge in [-0.2, -0.15) is 4.39 Å². The molecule has 0 bridgehead atoms. The van der Waals surface area contributed by atoms with Crippen molar-refractivity contribution in [3.63, 3.8) is 0 Å². The van der Waals surface area contributed by atoms with Crippen LogP contribution in [-0.2, 0) is 0 Å². The fraction of sp³-hybridized carbons (Fsp3) is 0. The predicted octanol–water partition coefficient (Wildman–Crippen LogP) is 4.09. The summed E-state index contributed by atoms with van der Waals surface area (Å²) in [5.74, 6) is -1.67. The van der Waals surface area contributed by atoms with Gasteiger partial charge < -0.3 is 4.74 Å². The molecule has 0 heterocycles. The van der Waals surface area contributed by atoms with E-state index in [1.54, 1.807) is 0 Å². The normalized spacial score (nSPS) is 10.2. The Kier molecular flexibility index (Phi) is 3.99. The maximum absolute atomic E-state index is 13.4. The van der Waals surface area contributed by atoms with Crippen LogP contribution in [0.2, 0.25) is 5.02 Å². The number of nitro benzene ring substituents is 2. The predicted molar refractivity (Wildman–Crippen MR) is 71.2 cm³/mol. The van der Waals surface area contributed by atoms with E-state index in [0.29, 0.717) is 0 Å². The van der Waals surface area contributed by atoms with E-state index in [1.165, 1.54) is 12.1 Å². The lowest BCUT2D eigenvalue weighted by molar-refractivity contribution is -0.388. The Morgan fingerprint density at radius 1 is 1.05 bits per heavy atom. The van der Waals surface area contributed by atoms with Crippen LogP contribution in [0.3, 0.4) is 0 Å². The molecule has 0 amide bonds. The molecular weight excluding hydrogens is 307 g/mol. The molecule has 0 N–H and O–H groups in total. The van der Waals surface area contributed by atoms with Crippen molar-refractivity contribution in [3.05, 3.63) is 67.5 Å². The van der Waals surface area contributed by atoms with Crippen LogP contribution in [0.4, 0.5) is 15.8 Å². The van der Waals surface area contributed by atoms with Crippen molar-refractivity contribution in [3.8, 4) is 11.5 Å². The van der Waals surface area contributed by atoms with Crippen LogP contribution in [-0.4, -0.2) is 9.85 Å².